The standard InChI is InChI=1S/C18H33NO5/c1-13(15(21)23-17(2,3)4)14(20)11-9-10-12-19(8)16(22)24-18(5,6)7/h14,20H,1,9-12H2,2-8H3. The van der Waals surface area contributed by atoms with Gasteiger partial charge in [0.15, 0.2) is 0 Å². The van der Waals surface area contributed by atoms with E-state index in [0.29, 0.717) is 25.8 Å². The van der Waals surface area contributed by atoms with Gasteiger partial charge in [-0.2, -0.15) is 0 Å². The maximum absolute atomic E-state index is 11.8. The first-order chi connectivity index (χ1) is 10.7. The highest BCUT2D eigenvalue weighted by molar-refractivity contribution is 5.89. The Morgan fingerprint density at radius 2 is 1.54 bits per heavy atom. The Morgan fingerprint density at radius 1 is 1.04 bits per heavy atom. The van der Waals surface area contributed by atoms with Crippen molar-refractivity contribution in [3.05, 3.63) is 12.2 Å². The summed E-state index contributed by atoms with van der Waals surface area (Å²) in [6.07, 6.45) is 0.415. The maximum Gasteiger partial charge on any atom is 0.410 e. The van der Waals surface area contributed by atoms with E-state index >= 15 is 0 Å². The topological polar surface area (TPSA) is 76.1 Å². The highest BCUT2D eigenvalue weighted by Crippen LogP contribution is 2.16. The summed E-state index contributed by atoms with van der Waals surface area (Å²) in [5, 5.41) is 10.0. The number of esters is 1. The van der Waals surface area contributed by atoms with Crippen LogP contribution in [0.3, 0.4) is 0 Å². The van der Waals surface area contributed by atoms with Gasteiger partial charge in [0.05, 0.1) is 11.7 Å². The van der Waals surface area contributed by atoms with Gasteiger partial charge in [-0.1, -0.05) is 6.58 Å². The van der Waals surface area contributed by atoms with Crippen molar-refractivity contribution in [1.29, 1.82) is 0 Å². The molecule has 0 aliphatic rings. The predicted molar refractivity (Wildman–Crippen MR) is 93.7 cm³/mol. The van der Waals surface area contributed by atoms with Crippen LogP contribution in [0.25, 0.3) is 0 Å². The lowest BCUT2D eigenvalue weighted by Gasteiger charge is -2.24. The number of carbonyl (C=O) groups is 2. The number of carbonyl (C=O) groups excluding carboxylic acids is 2. The van der Waals surface area contributed by atoms with Crippen LogP contribution in [0.15, 0.2) is 12.2 Å². The SMILES string of the molecule is C=C(C(=O)OC(C)(C)C)C(O)CCCCN(C)C(=O)OC(C)(C)C. The lowest BCUT2D eigenvalue weighted by molar-refractivity contribution is -0.151. The molecule has 0 radical (unpaired) electrons. The molecule has 0 aromatic heterocycles. The number of aliphatic hydroxyl groups excluding tert-OH is 1. The van der Waals surface area contributed by atoms with E-state index in [1.54, 1.807) is 27.8 Å². The van der Waals surface area contributed by atoms with Gasteiger partial charge in [0.1, 0.15) is 11.2 Å². The molecule has 0 aliphatic carbocycles. The molecule has 0 fully saturated rings. The number of ether oxygens (including phenoxy) is 2. The number of rotatable bonds is 7. The van der Waals surface area contributed by atoms with E-state index in [0.717, 1.165) is 0 Å². The van der Waals surface area contributed by atoms with E-state index in [1.807, 2.05) is 20.8 Å². The van der Waals surface area contributed by atoms with E-state index in [-0.39, 0.29) is 11.7 Å². The molecule has 24 heavy (non-hydrogen) atoms. The van der Waals surface area contributed by atoms with Crippen molar-refractivity contribution < 1.29 is 24.2 Å². The molecule has 0 saturated heterocycles. The lowest BCUT2D eigenvalue weighted by atomic mass is 10.0. The third-order valence-corrected chi connectivity index (χ3v) is 2.99. The molecule has 0 aliphatic heterocycles. The molecule has 0 bridgehead atoms. The number of amides is 1. The predicted octanol–water partition coefficient (Wildman–Crippen LogP) is 3.28. The van der Waals surface area contributed by atoms with E-state index in [9.17, 15) is 14.7 Å². The molecule has 0 spiro atoms. The van der Waals surface area contributed by atoms with Crippen LogP contribution in [0.5, 0.6) is 0 Å². The Kier molecular flexibility index (Phi) is 8.47. The Hall–Kier alpha value is -1.56. The van der Waals surface area contributed by atoms with Gasteiger partial charge in [0.2, 0.25) is 0 Å². The molecule has 0 aromatic rings. The largest absolute Gasteiger partial charge is 0.457 e. The van der Waals surface area contributed by atoms with Crippen LogP contribution >= 0.6 is 0 Å². The van der Waals surface area contributed by atoms with Gasteiger partial charge in [-0.3, -0.25) is 0 Å². The van der Waals surface area contributed by atoms with Crippen molar-refractivity contribution >= 4 is 12.1 Å². The van der Waals surface area contributed by atoms with Gasteiger partial charge in [-0.25, -0.2) is 9.59 Å². The van der Waals surface area contributed by atoms with Crippen LogP contribution in [0.4, 0.5) is 4.79 Å². The second-order valence-corrected chi connectivity index (χ2v) is 7.94. The molecule has 0 heterocycles. The fourth-order valence-corrected chi connectivity index (χ4v) is 1.77. The van der Waals surface area contributed by atoms with Gasteiger partial charge in [-0.05, 0) is 60.8 Å². The fraction of sp³-hybridized carbons (Fsp3) is 0.778. The molecule has 6 nitrogen and oxygen atoms in total. The molecule has 0 saturated carbocycles. The zero-order valence-electron chi connectivity index (χ0n) is 16.1. The molecular formula is C18H33NO5. The average Bonchev–Trinajstić information content (AvgIpc) is 2.38. The molecule has 0 rings (SSSR count). The number of unbranched alkanes of at least 4 members (excludes halogenated alkanes) is 1. The molecule has 1 unspecified atom stereocenters. The van der Waals surface area contributed by atoms with Gasteiger partial charge >= 0.3 is 12.1 Å². The summed E-state index contributed by atoms with van der Waals surface area (Å²) >= 11 is 0. The van der Waals surface area contributed by atoms with Crippen molar-refractivity contribution in [2.45, 2.75) is 78.1 Å². The monoisotopic (exact) mass is 343 g/mol. The molecule has 1 N–H and O–H groups in total. The second-order valence-electron chi connectivity index (χ2n) is 7.94. The summed E-state index contributed by atoms with van der Waals surface area (Å²) < 4.78 is 10.4. The molecule has 140 valence electrons. The summed E-state index contributed by atoms with van der Waals surface area (Å²) in [6.45, 7) is 14.9. The summed E-state index contributed by atoms with van der Waals surface area (Å²) in [5.41, 5.74) is -1.08. The minimum atomic E-state index is -0.938. The first-order valence-corrected chi connectivity index (χ1v) is 8.27. The fourth-order valence-electron chi connectivity index (χ4n) is 1.77. The van der Waals surface area contributed by atoms with Crippen LogP contribution in [0, 0.1) is 0 Å². The van der Waals surface area contributed by atoms with Gasteiger partial charge in [-0.15, -0.1) is 0 Å². The molecule has 0 aromatic carbocycles. The van der Waals surface area contributed by atoms with Gasteiger partial charge in [0.25, 0.3) is 0 Å². The van der Waals surface area contributed by atoms with Crippen molar-refractivity contribution in [1.82, 2.24) is 4.90 Å². The van der Waals surface area contributed by atoms with Crippen molar-refractivity contribution in [3.63, 3.8) is 0 Å². The summed E-state index contributed by atoms with van der Waals surface area (Å²) in [5.74, 6) is -0.583. The Morgan fingerprint density at radius 3 is 2.00 bits per heavy atom. The van der Waals surface area contributed by atoms with Crippen molar-refractivity contribution in [2.24, 2.45) is 0 Å². The van der Waals surface area contributed by atoms with Crippen molar-refractivity contribution in [3.8, 4) is 0 Å². The molecular weight excluding hydrogens is 310 g/mol. The van der Waals surface area contributed by atoms with E-state index < -0.39 is 23.3 Å². The van der Waals surface area contributed by atoms with Crippen LogP contribution in [0.2, 0.25) is 0 Å². The molecule has 1 amide bonds. The normalized spacial score (nSPS) is 13.2. The average molecular weight is 343 g/mol. The quantitative estimate of drug-likeness (QED) is 0.436. The second kappa shape index (κ2) is 9.06. The zero-order chi connectivity index (χ0) is 19.1. The molecule has 1 atom stereocenters. The first-order valence-electron chi connectivity index (χ1n) is 8.27. The Balaban J connectivity index is 4.13. The van der Waals surface area contributed by atoms with E-state index in [4.69, 9.17) is 9.47 Å². The van der Waals surface area contributed by atoms with Crippen molar-refractivity contribution in [2.75, 3.05) is 13.6 Å². The summed E-state index contributed by atoms with van der Waals surface area (Å²) in [4.78, 5) is 25.1. The highest BCUT2D eigenvalue weighted by atomic mass is 16.6. The van der Waals surface area contributed by atoms with Crippen LogP contribution in [-0.4, -0.2) is 53.0 Å². The first kappa shape index (κ1) is 22.4. The lowest BCUT2D eigenvalue weighted by Crippen LogP contribution is -2.34. The molecule has 6 heteroatoms. The highest BCUT2D eigenvalue weighted by Gasteiger charge is 2.23. The minimum absolute atomic E-state index is 0.0606. The van der Waals surface area contributed by atoms with Crippen LogP contribution < -0.4 is 0 Å². The summed E-state index contributed by atoms with van der Waals surface area (Å²) in [6, 6.07) is 0. The third kappa shape index (κ3) is 10.3. The summed E-state index contributed by atoms with van der Waals surface area (Å²) in [7, 11) is 1.67. The maximum atomic E-state index is 11.8. The number of hydrogen-bond donors (Lipinski definition) is 1. The van der Waals surface area contributed by atoms with E-state index in [2.05, 4.69) is 6.58 Å². The number of nitrogens with zero attached hydrogens (tertiary/aromatic N) is 1. The Labute approximate surface area is 145 Å². The van der Waals surface area contributed by atoms with Gasteiger partial charge in [0, 0.05) is 13.6 Å². The van der Waals surface area contributed by atoms with Gasteiger partial charge < -0.3 is 19.5 Å². The third-order valence-electron chi connectivity index (χ3n) is 2.99. The number of aliphatic hydroxyl groups is 1. The Bertz CT molecular complexity index is 445. The zero-order valence-corrected chi connectivity index (χ0v) is 16.1. The van der Waals surface area contributed by atoms with Crippen LogP contribution in [0.1, 0.15) is 60.8 Å². The minimum Gasteiger partial charge on any atom is -0.457 e. The smallest absolute Gasteiger partial charge is 0.410 e. The van der Waals surface area contributed by atoms with Crippen LogP contribution in [-0.2, 0) is 14.3 Å². The number of hydrogen-bond acceptors (Lipinski definition) is 5. The van der Waals surface area contributed by atoms with E-state index in [1.165, 1.54) is 4.90 Å².